The molecule has 0 spiro atoms. The second-order valence-electron chi connectivity index (χ2n) is 5.33. The molecule has 1 aromatic heterocycles. The normalized spacial score (nSPS) is 24.5. The van der Waals surface area contributed by atoms with Crippen molar-refractivity contribution in [3.05, 3.63) is 16.3 Å². The van der Waals surface area contributed by atoms with Crippen molar-refractivity contribution in [2.24, 2.45) is 17.6 Å². The number of hydrogen-bond acceptors (Lipinski definition) is 4. The van der Waals surface area contributed by atoms with Crippen molar-refractivity contribution in [3.63, 3.8) is 0 Å². The maximum atomic E-state index is 12.2. The average molecular weight is 302 g/mol. The van der Waals surface area contributed by atoms with Crippen molar-refractivity contribution >= 4 is 21.4 Å². The van der Waals surface area contributed by atoms with Crippen molar-refractivity contribution in [2.75, 3.05) is 6.54 Å². The van der Waals surface area contributed by atoms with Crippen molar-refractivity contribution < 1.29 is 8.42 Å². The molecule has 0 amide bonds. The predicted octanol–water partition coefficient (Wildman–Crippen LogP) is 2.31. The van der Waals surface area contributed by atoms with Gasteiger partial charge in [0, 0.05) is 23.3 Å². The van der Waals surface area contributed by atoms with Gasteiger partial charge in [0.15, 0.2) is 0 Å². The SMILES string of the molecule is CC1CCCCC1CNS(=O)(=O)c1csc(CN)c1. The summed E-state index contributed by atoms with van der Waals surface area (Å²) in [5.41, 5.74) is 5.51. The van der Waals surface area contributed by atoms with Crippen molar-refractivity contribution in [1.82, 2.24) is 4.72 Å². The molecule has 4 nitrogen and oxygen atoms in total. The van der Waals surface area contributed by atoms with Crippen LogP contribution in [0.1, 0.15) is 37.5 Å². The lowest BCUT2D eigenvalue weighted by molar-refractivity contribution is 0.257. The van der Waals surface area contributed by atoms with Crippen LogP contribution in [0.4, 0.5) is 0 Å². The summed E-state index contributed by atoms with van der Waals surface area (Å²) in [6.45, 7) is 3.16. The highest BCUT2D eigenvalue weighted by atomic mass is 32.2. The molecule has 1 aliphatic carbocycles. The van der Waals surface area contributed by atoms with Gasteiger partial charge < -0.3 is 5.73 Å². The van der Waals surface area contributed by atoms with Gasteiger partial charge in [-0.05, 0) is 24.3 Å². The zero-order chi connectivity index (χ0) is 13.9. The van der Waals surface area contributed by atoms with E-state index in [4.69, 9.17) is 5.73 Å². The lowest BCUT2D eigenvalue weighted by Crippen LogP contribution is -2.33. The fourth-order valence-corrected chi connectivity index (χ4v) is 4.85. The van der Waals surface area contributed by atoms with Gasteiger partial charge in [-0.15, -0.1) is 11.3 Å². The third-order valence-electron chi connectivity index (χ3n) is 3.97. The second kappa shape index (κ2) is 6.35. The van der Waals surface area contributed by atoms with Gasteiger partial charge >= 0.3 is 0 Å². The lowest BCUT2D eigenvalue weighted by atomic mass is 9.81. The highest BCUT2D eigenvalue weighted by molar-refractivity contribution is 7.89. The van der Waals surface area contributed by atoms with E-state index in [2.05, 4.69) is 11.6 Å². The quantitative estimate of drug-likeness (QED) is 0.876. The van der Waals surface area contributed by atoms with Crippen molar-refractivity contribution in [1.29, 1.82) is 0 Å². The molecule has 6 heteroatoms. The summed E-state index contributed by atoms with van der Waals surface area (Å²) in [7, 11) is -3.37. The fourth-order valence-electron chi connectivity index (χ4n) is 2.60. The molecule has 0 aliphatic heterocycles. The van der Waals surface area contributed by atoms with Crippen LogP contribution in [0, 0.1) is 11.8 Å². The minimum Gasteiger partial charge on any atom is -0.326 e. The zero-order valence-electron chi connectivity index (χ0n) is 11.3. The van der Waals surface area contributed by atoms with Crippen LogP contribution in [0.15, 0.2) is 16.3 Å². The summed E-state index contributed by atoms with van der Waals surface area (Å²) in [6.07, 6.45) is 4.82. The van der Waals surface area contributed by atoms with Crippen LogP contribution >= 0.6 is 11.3 Å². The molecule has 0 bridgehead atoms. The van der Waals surface area contributed by atoms with Crippen LogP contribution in [0.2, 0.25) is 0 Å². The molecule has 2 unspecified atom stereocenters. The molecular formula is C13H22N2O2S2. The second-order valence-corrected chi connectivity index (χ2v) is 8.09. The fraction of sp³-hybridized carbons (Fsp3) is 0.692. The minimum atomic E-state index is -3.37. The third kappa shape index (κ3) is 3.78. The van der Waals surface area contributed by atoms with E-state index in [1.807, 2.05) is 0 Å². The van der Waals surface area contributed by atoms with Gasteiger partial charge in [-0.25, -0.2) is 13.1 Å². The van der Waals surface area contributed by atoms with Gasteiger partial charge in [0.25, 0.3) is 0 Å². The summed E-state index contributed by atoms with van der Waals surface area (Å²) in [5, 5.41) is 1.66. The van der Waals surface area contributed by atoms with Crippen LogP contribution in [0.3, 0.4) is 0 Å². The maximum Gasteiger partial charge on any atom is 0.241 e. The van der Waals surface area contributed by atoms with Gasteiger partial charge in [0.05, 0.1) is 4.90 Å². The smallest absolute Gasteiger partial charge is 0.241 e. The Kier molecular flexibility index (Phi) is 5.00. The number of nitrogens with two attached hydrogens (primary N) is 1. The summed E-state index contributed by atoms with van der Waals surface area (Å²) in [6, 6.07) is 1.66. The maximum absolute atomic E-state index is 12.2. The van der Waals surface area contributed by atoms with Gasteiger partial charge in [-0.1, -0.05) is 26.2 Å². The Balaban J connectivity index is 1.97. The van der Waals surface area contributed by atoms with E-state index in [0.29, 0.717) is 29.8 Å². The van der Waals surface area contributed by atoms with Gasteiger partial charge in [0.2, 0.25) is 10.0 Å². The number of sulfonamides is 1. The Morgan fingerprint density at radius 1 is 1.42 bits per heavy atom. The molecule has 0 radical (unpaired) electrons. The molecule has 1 aromatic rings. The predicted molar refractivity (Wildman–Crippen MR) is 78.5 cm³/mol. The summed E-state index contributed by atoms with van der Waals surface area (Å²) in [5.74, 6) is 1.08. The molecule has 108 valence electrons. The number of thiophene rings is 1. The first kappa shape index (κ1) is 15.0. The van der Waals surface area contributed by atoms with E-state index < -0.39 is 10.0 Å². The Bertz CT molecular complexity index is 510. The van der Waals surface area contributed by atoms with Crippen LogP contribution in [-0.2, 0) is 16.6 Å². The summed E-state index contributed by atoms with van der Waals surface area (Å²) in [4.78, 5) is 1.24. The van der Waals surface area contributed by atoms with Crippen LogP contribution in [0.25, 0.3) is 0 Å². The van der Waals surface area contributed by atoms with Crippen LogP contribution in [-0.4, -0.2) is 15.0 Å². The minimum absolute atomic E-state index is 0.349. The Labute approximate surface area is 119 Å². The molecule has 0 saturated heterocycles. The zero-order valence-corrected chi connectivity index (χ0v) is 12.9. The topological polar surface area (TPSA) is 72.2 Å². The van der Waals surface area contributed by atoms with Gasteiger partial charge in [0.1, 0.15) is 0 Å². The molecule has 2 atom stereocenters. The molecule has 19 heavy (non-hydrogen) atoms. The monoisotopic (exact) mass is 302 g/mol. The van der Waals surface area contributed by atoms with E-state index in [0.717, 1.165) is 11.3 Å². The first-order valence-corrected chi connectivity index (χ1v) is 9.16. The Morgan fingerprint density at radius 2 is 2.16 bits per heavy atom. The summed E-state index contributed by atoms with van der Waals surface area (Å²) >= 11 is 1.39. The summed E-state index contributed by atoms with van der Waals surface area (Å²) < 4.78 is 27.1. The van der Waals surface area contributed by atoms with Crippen molar-refractivity contribution in [2.45, 2.75) is 44.0 Å². The standard InChI is InChI=1S/C13H22N2O2S2/c1-10-4-2-3-5-11(10)8-15-19(16,17)13-6-12(7-14)18-9-13/h6,9-11,15H,2-5,7-8,14H2,1H3. The lowest BCUT2D eigenvalue weighted by Gasteiger charge is -2.28. The van der Waals surface area contributed by atoms with Crippen LogP contribution < -0.4 is 10.5 Å². The van der Waals surface area contributed by atoms with E-state index >= 15 is 0 Å². The average Bonchev–Trinajstić information content (AvgIpc) is 2.87. The molecule has 2 rings (SSSR count). The van der Waals surface area contributed by atoms with Crippen molar-refractivity contribution in [3.8, 4) is 0 Å². The molecule has 0 aromatic carbocycles. The molecule has 1 saturated carbocycles. The number of hydrogen-bond donors (Lipinski definition) is 2. The van der Waals surface area contributed by atoms with E-state index in [1.165, 1.54) is 30.6 Å². The highest BCUT2D eigenvalue weighted by Gasteiger charge is 2.24. The Hall–Kier alpha value is -0.430. The number of nitrogens with one attached hydrogen (secondary N) is 1. The molecule has 1 fully saturated rings. The van der Waals surface area contributed by atoms with Gasteiger partial charge in [-0.3, -0.25) is 0 Å². The molecule has 3 N–H and O–H groups in total. The van der Waals surface area contributed by atoms with Crippen LogP contribution in [0.5, 0.6) is 0 Å². The highest BCUT2D eigenvalue weighted by Crippen LogP contribution is 2.29. The third-order valence-corrected chi connectivity index (χ3v) is 6.48. The largest absolute Gasteiger partial charge is 0.326 e. The first-order chi connectivity index (χ1) is 9.03. The molecular weight excluding hydrogens is 280 g/mol. The van der Waals surface area contributed by atoms with E-state index in [1.54, 1.807) is 11.4 Å². The Morgan fingerprint density at radius 3 is 2.79 bits per heavy atom. The van der Waals surface area contributed by atoms with E-state index in [9.17, 15) is 8.42 Å². The van der Waals surface area contributed by atoms with E-state index in [-0.39, 0.29) is 0 Å². The van der Waals surface area contributed by atoms with Gasteiger partial charge in [-0.2, -0.15) is 0 Å². The molecule has 1 aliphatic rings. The first-order valence-electron chi connectivity index (χ1n) is 6.80. The number of rotatable bonds is 5. The molecule has 1 heterocycles.